The summed E-state index contributed by atoms with van der Waals surface area (Å²) >= 11 is 16.9. The highest BCUT2D eigenvalue weighted by molar-refractivity contribution is 9.10. The molecular formula is C29H20BrCl2NO4S. The minimum atomic E-state index is -0.414. The molecule has 1 aliphatic heterocycles. The van der Waals surface area contributed by atoms with Crippen molar-refractivity contribution in [1.82, 2.24) is 4.90 Å². The fourth-order valence-electron chi connectivity index (χ4n) is 4.16. The van der Waals surface area contributed by atoms with Crippen LogP contribution in [0.15, 0.2) is 82.2 Å². The van der Waals surface area contributed by atoms with Crippen LogP contribution >= 0.6 is 50.9 Å². The average Bonchev–Trinajstić information content (AvgIpc) is 3.17. The standard InChI is InChI=1S/C29H20BrCl2NO4S/c1-36-25-13-17(12-22(30)27(25)37-16-19-8-4-7-18-6-2-3-9-20(18)19)14-26-28(34)33(29(35)38-26)15-21-23(31)10-5-11-24(21)32/h2-14H,15-16H2,1H3/b26-14-. The summed E-state index contributed by atoms with van der Waals surface area (Å²) in [6, 6.07) is 22.9. The van der Waals surface area contributed by atoms with E-state index in [0.717, 1.165) is 33.0 Å². The third-order valence-electron chi connectivity index (χ3n) is 6.05. The number of ether oxygens (including phenoxy) is 2. The van der Waals surface area contributed by atoms with Gasteiger partial charge in [0.25, 0.3) is 11.1 Å². The number of rotatable bonds is 7. The summed E-state index contributed by atoms with van der Waals surface area (Å²) < 4.78 is 12.4. The fraction of sp³-hybridized carbons (Fsp3) is 0.103. The van der Waals surface area contributed by atoms with Gasteiger partial charge in [-0.15, -0.1) is 0 Å². The quantitative estimate of drug-likeness (QED) is 0.192. The van der Waals surface area contributed by atoms with Crippen LogP contribution < -0.4 is 9.47 Å². The van der Waals surface area contributed by atoms with E-state index in [9.17, 15) is 9.59 Å². The number of imide groups is 1. The first-order chi connectivity index (χ1) is 18.4. The number of halogens is 3. The third kappa shape index (κ3) is 5.43. The van der Waals surface area contributed by atoms with Crippen molar-refractivity contribution in [1.29, 1.82) is 0 Å². The second-order valence-corrected chi connectivity index (χ2v) is 11.1. The van der Waals surface area contributed by atoms with E-state index in [4.69, 9.17) is 32.7 Å². The Labute approximate surface area is 242 Å². The highest BCUT2D eigenvalue weighted by atomic mass is 79.9. The number of hydrogen-bond acceptors (Lipinski definition) is 5. The van der Waals surface area contributed by atoms with Crippen molar-refractivity contribution < 1.29 is 19.1 Å². The van der Waals surface area contributed by atoms with Crippen LogP contribution in [0.3, 0.4) is 0 Å². The Balaban J connectivity index is 1.37. The number of amides is 2. The van der Waals surface area contributed by atoms with Gasteiger partial charge in [0, 0.05) is 15.6 Å². The zero-order chi connectivity index (χ0) is 26.8. The Morgan fingerprint density at radius 2 is 1.68 bits per heavy atom. The Morgan fingerprint density at radius 3 is 2.45 bits per heavy atom. The smallest absolute Gasteiger partial charge is 0.293 e. The van der Waals surface area contributed by atoms with E-state index >= 15 is 0 Å². The third-order valence-corrected chi connectivity index (χ3v) is 8.26. The van der Waals surface area contributed by atoms with Crippen LogP contribution in [0.4, 0.5) is 4.79 Å². The second-order valence-electron chi connectivity index (χ2n) is 8.43. The van der Waals surface area contributed by atoms with Crippen molar-refractivity contribution in [3.8, 4) is 11.5 Å². The first kappa shape index (κ1) is 26.6. The lowest BCUT2D eigenvalue weighted by molar-refractivity contribution is -0.123. The summed E-state index contributed by atoms with van der Waals surface area (Å²) in [5, 5.41) is 2.66. The number of hydrogen-bond donors (Lipinski definition) is 0. The van der Waals surface area contributed by atoms with Gasteiger partial charge in [-0.05, 0) is 79.9 Å². The molecule has 38 heavy (non-hydrogen) atoms. The van der Waals surface area contributed by atoms with Crippen molar-refractivity contribution in [2.24, 2.45) is 0 Å². The summed E-state index contributed by atoms with van der Waals surface area (Å²) in [5.41, 5.74) is 2.25. The molecule has 0 N–H and O–H groups in total. The van der Waals surface area contributed by atoms with E-state index in [1.54, 1.807) is 37.5 Å². The summed E-state index contributed by atoms with van der Waals surface area (Å²) in [5.74, 6) is 0.620. The number of benzene rings is 4. The molecule has 0 radical (unpaired) electrons. The molecule has 4 aromatic rings. The van der Waals surface area contributed by atoms with Gasteiger partial charge in [-0.1, -0.05) is 71.7 Å². The molecule has 5 rings (SSSR count). The number of thioether (sulfide) groups is 1. The fourth-order valence-corrected chi connectivity index (χ4v) is 6.09. The van der Waals surface area contributed by atoms with Gasteiger partial charge in [0.05, 0.1) is 23.0 Å². The maximum atomic E-state index is 13.1. The van der Waals surface area contributed by atoms with Gasteiger partial charge >= 0.3 is 0 Å². The van der Waals surface area contributed by atoms with E-state index in [0.29, 0.717) is 43.8 Å². The number of nitrogens with zero attached hydrogens (tertiary/aromatic N) is 1. The number of fused-ring (bicyclic) bond motifs is 1. The molecule has 0 bridgehead atoms. The Bertz CT molecular complexity index is 1580. The van der Waals surface area contributed by atoms with Crippen molar-refractivity contribution in [2.75, 3.05) is 7.11 Å². The molecule has 0 atom stereocenters. The van der Waals surface area contributed by atoms with Crippen molar-refractivity contribution in [2.45, 2.75) is 13.2 Å². The van der Waals surface area contributed by atoms with E-state index in [2.05, 4.69) is 34.1 Å². The summed E-state index contributed by atoms with van der Waals surface area (Å²) in [4.78, 5) is 27.2. The first-order valence-corrected chi connectivity index (χ1v) is 13.9. The summed E-state index contributed by atoms with van der Waals surface area (Å²) in [6.07, 6.45) is 1.65. The number of carbonyl (C=O) groups excluding carboxylic acids is 2. The highest BCUT2D eigenvalue weighted by Gasteiger charge is 2.35. The lowest BCUT2D eigenvalue weighted by atomic mass is 10.1. The molecule has 192 valence electrons. The van der Waals surface area contributed by atoms with Crippen molar-refractivity contribution in [3.05, 3.63) is 109 Å². The van der Waals surface area contributed by atoms with E-state index in [-0.39, 0.29) is 11.4 Å². The van der Waals surface area contributed by atoms with Gasteiger partial charge in [0.2, 0.25) is 0 Å². The van der Waals surface area contributed by atoms with Crippen LogP contribution in [0.2, 0.25) is 10.0 Å². The van der Waals surface area contributed by atoms with Gasteiger partial charge in [0.1, 0.15) is 6.61 Å². The molecule has 1 saturated heterocycles. The SMILES string of the molecule is COc1cc(/C=C2\SC(=O)N(Cc3c(Cl)cccc3Cl)C2=O)cc(Br)c1OCc1cccc2ccccc12. The average molecular weight is 629 g/mol. The van der Waals surface area contributed by atoms with Crippen LogP contribution in [-0.2, 0) is 17.9 Å². The Morgan fingerprint density at radius 1 is 0.974 bits per heavy atom. The second kappa shape index (κ2) is 11.4. The lowest BCUT2D eigenvalue weighted by Crippen LogP contribution is -2.27. The van der Waals surface area contributed by atoms with Gasteiger partial charge in [-0.2, -0.15) is 0 Å². The van der Waals surface area contributed by atoms with E-state index in [1.807, 2.05) is 30.3 Å². The lowest BCUT2D eigenvalue weighted by Gasteiger charge is -2.15. The number of methoxy groups -OCH3 is 1. The normalized spacial score (nSPS) is 14.5. The minimum Gasteiger partial charge on any atom is -0.493 e. The molecule has 0 spiro atoms. The summed E-state index contributed by atoms with van der Waals surface area (Å²) in [6.45, 7) is 0.341. The molecule has 2 amide bonds. The van der Waals surface area contributed by atoms with Crippen LogP contribution in [0.25, 0.3) is 16.8 Å². The molecule has 1 fully saturated rings. The van der Waals surface area contributed by atoms with Gasteiger partial charge in [-0.25, -0.2) is 0 Å². The molecule has 5 nitrogen and oxygen atoms in total. The zero-order valence-electron chi connectivity index (χ0n) is 20.0. The monoisotopic (exact) mass is 627 g/mol. The predicted octanol–water partition coefficient (Wildman–Crippen LogP) is 8.73. The van der Waals surface area contributed by atoms with Crippen LogP contribution in [0, 0.1) is 0 Å². The van der Waals surface area contributed by atoms with Gasteiger partial charge < -0.3 is 9.47 Å². The Hall–Kier alpha value is -2.97. The number of carbonyl (C=O) groups is 2. The largest absolute Gasteiger partial charge is 0.493 e. The van der Waals surface area contributed by atoms with Gasteiger partial charge in [0.15, 0.2) is 11.5 Å². The molecule has 4 aromatic carbocycles. The Kier molecular flexibility index (Phi) is 8.00. The van der Waals surface area contributed by atoms with Crippen LogP contribution in [0.5, 0.6) is 11.5 Å². The van der Waals surface area contributed by atoms with E-state index in [1.165, 1.54) is 0 Å². The maximum Gasteiger partial charge on any atom is 0.293 e. The molecular weight excluding hydrogens is 609 g/mol. The highest BCUT2D eigenvalue weighted by Crippen LogP contribution is 2.40. The molecule has 9 heteroatoms. The maximum absolute atomic E-state index is 13.1. The molecule has 1 heterocycles. The molecule has 0 aromatic heterocycles. The molecule has 1 aliphatic rings. The predicted molar refractivity (Wildman–Crippen MR) is 157 cm³/mol. The van der Waals surface area contributed by atoms with Crippen molar-refractivity contribution in [3.63, 3.8) is 0 Å². The minimum absolute atomic E-state index is 0.00548. The zero-order valence-corrected chi connectivity index (χ0v) is 24.0. The summed E-state index contributed by atoms with van der Waals surface area (Å²) in [7, 11) is 1.55. The topological polar surface area (TPSA) is 55.8 Å². The molecule has 0 aliphatic carbocycles. The molecule has 0 unspecified atom stereocenters. The van der Waals surface area contributed by atoms with Gasteiger partial charge in [-0.3, -0.25) is 14.5 Å². The van der Waals surface area contributed by atoms with Crippen molar-refractivity contribution >= 4 is 78.9 Å². The van der Waals surface area contributed by atoms with Crippen LogP contribution in [-0.4, -0.2) is 23.2 Å². The van der Waals surface area contributed by atoms with E-state index < -0.39 is 11.1 Å². The van der Waals surface area contributed by atoms with Crippen LogP contribution in [0.1, 0.15) is 16.7 Å². The molecule has 0 saturated carbocycles. The first-order valence-electron chi connectivity index (χ1n) is 11.5.